The minimum Gasteiger partial charge on any atom is -0.392 e. The van der Waals surface area contributed by atoms with Gasteiger partial charge < -0.3 is 20.2 Å². The molecule has 1 aromatic carbocycles. The summed E-state index contributed by atoms with van der Waals surface area (Å²) in [5.74, 6) is 0.393. The number of rotatable bonds is 5. The van der Waals surface area contributed by atoms with Crippen LogP contribution in [0.15, 0.2) is 24.3 Å². The van der Waals surface area contributed by atoms with Crippen molar-refractivity contribution in [2.24, 2.45) is 5.92 Å². The summed E-state index contributed by atoms with van der Waals surface area (Å²) in [6.45, 7) is 1.56. The SMILES string of the molecule is CN(C)C(=O)NCC(=O)N1CC[C@@H](Cc2cccc(CO)c2)C1. The van der Waals surface area contributed by atoms with Gasteiger partial charge in [0.25, 0.3) is 0 Å². The summed E-state index contributed by atoms with van der Waals surface area (Å²) in [5, 5.41) is 11.8. The lowest BCUT2D eigenvalue weighted by atomic mass is 9.97. The van der Waals surface area contributed by atoms with Crippen LogP contribution in [-0.4, -0.2) is 60.6 Å². The van der Waals surface area contributed by atoms with E-state index in [4.69, 9.17) is 0 Å². The first-order chi connectivity index (χ1) is 11.0. The number of aliphatic hydroxyl groups excluding tert-OH is 1. The van der Waals surface area contributed by atoms with Crippen LogP contribution in [0, 0.1) is 5.92 Å². The predicted molar refractivity (Wildman–Crippen MR) is 87.8 cm³/mol. The van der Waals surface area contributed by atoms with Gasteiger partial charge in [0.1, 0.15) is 0 Å². The van der Waals surface area contributed by atoms with Gasteiger partial charge in [0, 0.05) is 27.2 Å². The van der Waals surface area contributed by atoms with Gasteiger partial charge in [-0.1, -0.05) is 24.3 Å². The van der Waals surface area contributed by atoms with E-state index in [0.717, 1.165) is 31.5 Å². The maximum absolute atomic E-state index is 12.1. The second-order valence-corrected chi connectivity index (χ2v) is 6.23. The quantitative estimate of drug-likeness (QED) is 0.845. The van der Waals surface area contributed by atoms with Gasteiger partial charge in [0.15, 0.2) is 0 Å². The molecule has 1 saturated heterocycles. The average molecular weight is 319 g/mol. The van der Waals surface area contributed by atoms with Crippen molar-refractivity contribution in [1.82, 2.24) is 15.1 Å². The van der Waals surface area contributed by atoms with Gasteiger partial charge in [0.05, 0.1) is 13.2 Å². The van der Waals surface area contributed by atoms with Crippen molar-refractivity contribution in [2.75, 3.05) is 33.7 Å². The zero-order chi connectivity index (χ0) is 16.8. The number of nitrogens with zero attached hydrogens (tertiary/aromatic N) is 2. The van der Waals surface area contributed by atoms with E-state index < -0.39 is 0 Å². The van der Waals surface area contributed by atoms with Crippen LogP contribution in [0.25, 0.3) is 0 Å². The minimum atomic E-state index is -0.255. The number of hydrogen-bond acceptors (Lipinski definition) is 3. The average Bonchev–Trinajstić information content (AvgIpc) is 3.00. The molecule has 23 heavy (non-hydrogen) atoms. The van der Waals surface area contributed by atoms with Crippen LogP contribution in [-0.2, 0) is 17.8 Å². The number of carbonyl (C=O) groups is 2. The van der Waals surface area contributed by atoms with Crippen LogP contribution in [0.2, 0.25) is 0 Å². The van der Waals surface area contributed by atoms with Crippen LogP contribution >= 0.6 is 0 Å². The molecule has 1 fully saturated rings. The van der Waals surface area contributed by atoms with Gasteiger partial charge in [-0.05, 0) is 29.9 Å². The molecule has 0 bridgehead atoms. The van der Waals surface area contributed by atoms with Crippen molar-refractivity contribution < 1.29 is 14.7 Å². The van der Waals surface area contributed by atoms with Gasteiger partial charge in [-0.2, -0.15) is 0 Å². The molecule has 3 amide bonds. The maximum atomic E-state index is 12.1. The number of urea groups is 1. The van der Waals surface area contributed by atoms with Crippen LogP contribution < -0.4 is 5.32 Å². The summed E-state index contributed by atoms with van der Waals surface area (Å²) < 4.78 is 0. The second kappa shape index (κ2) is 7.97. The number of hydrogen-bond donors (Lipinski definition) is 2. The van der Waals surface area contributed by atoms with Crippen molar-refractivity contribution in [1.29, 1.82) is 0 Å². The fourth-order valence-electron chi connectivity index (χ4n) is 2.84. The molecule has 0 aliphatic carbocycles. The Balaban J connectivity index is 1.81. The van der Waals surface area contributed by atoms with E-state index in [2.05, 4.69) is 11.4 Å². The third-order valence-electron chi connectivity index (χ3n) is 4.13. The van der Waals surface area contributed by atoms with E-state index in [1.807, 2.05) is 23.1 Å². The van der Waals surface area contributed by atoms with Gasteiger partial charge in [-0.15, -0.1) is 0 Å². The molecule has 6 nitrogen and oxygen atoms in total. The van der Waals surface area contributed by atoms with E-state index in [-0.39, 0.29) is 25.1 Å². The highest BCUT2D eigenvalue weighted by molar-refractivity contribution is 5.84. The van der Waals surface area contributed by atoms with Gasteiger partial charge >= 0.3 is 6.03 Å². The molecule has 126 valence electrons. The first-order valence-corrected chi connectivity index (χ1v) is 7.91. The molecule has 0 unspecified atom stereocenters. The van der Waals surface area contributed by atoms with Crippen molar-refractivity contribution in [3.8, 4) is 0 Å². The fourth-order valence-corrected chi connectivity index (χ4v) is 2.84. The molecule has 0 radical (unpaired) electrons. The van der Waals surface area contributed by atoms with Crippen LogP contribution in [0.4, 0.5) is 4.79 Å². The van der Waals surface area contributed by atoms with Crippen molar-refractivity contribution in [2.45, 2.75) is 19.4 Å². The monoisotopic (exact) mass is 319 g/mol. The van der Waals surface area contributed by atoms with Crippen molar-refractivity contribution in [3.05, 3.63) is 35.4 Å². The Hall–Kier alpha value is -2.08. The molecule has 0 aromatic heterocycles. The third-order valence-corrected chi connectivity index (χ3v) is 4.13. The summed E-state index contributed by atoms with van der Waals surface area (Å²) >= 11 is 0. The normalized spacial score (nSPS) is 17.2. The van der Waals surface area contributed by atoms with Gasteiger partial charge in [-0.25, -0.2) is 4.79 Å². The molecule has 0 spiro atoms. The van der Waals surface area contributed by atoms with Crippen LogP contribution in [0.5, 0.6) is 0 Å². The van der Waals surface area contributed by atoms with E-state index in [1.54, 1.807) is 14.1 Å². The Labute approximate surface area is 137 Å². The Bertz CT molecular complexity index is 560. The summed E-state index contributed by atoms with van der Waals surface area (Å²) in [4.78, 5) is 26.8. The Morgan fingerprint density at radius 2 is 2.09 bits per heavy atom. The third kappa shape index (κ3) is 4.96. The van der Waals surface area contributed by atoms with Crippen molar-refractivity contribution >= 4 is 11.9 Å². The minimum absolute atomic E-state index is 0.0354. The topological polar surface area (TPSA) is 72.9 Å². The molecule has 1 aromatic rings. The summed E-state index contributed by atoms with van der Waals surface area (Å²) in [6.07, 6.45) is 1.87. The molecule has 1 heterocycles. The smallest absolute Gasteiger partial charge is 0.317 e. The number of likely N-dealkylation sites (tertiary alicyclic amines) is 1. The lowest BCUT2D eigenvalue weighted by molar-refractivity contribution is -0.129. The molecular formula is C17H25N3O3. The molecule has 1 atom stereocenters. The zero-order valence-electron chi connectivity index (χ0n) is 13.8. The van der Waals surface area contributed by atoms with E-state index in [9.17, 15) is 14.7 Å². The molecule has 1 aliphatic rings. The highest BCUT2D eigenvalue weighted by Crippen LogP contribution is 2.21. The zero-order valence-corrected chi connectivity index (χ0v) is 13.8. The maximum Gasteiger partial charge on any atom is 0.317 e. The standard InChI is InChI=1S/C17H25N3O3/c1-19(2)17(23)18-10-16(22)20-7-6-14(11-20)8-13-4-3-5-15(9-13)12-21/h3-5,9,14,21H,6-8,10-12H2,1-2H3,(H,18,23)/t14-/m0/s1. The number of amides is 3. The summed E-state index contributed by atoms with van der Waals surface area (Å²) in [6, 6.07) is 7.68. The van der Waals surface area contributed by atoms with Crippen molar-refractivity contribution in [3.63, 3.8) is 0 Å². The number of benzene rings is 1. The predicted octanol–water partition coefficient (Wildman–Crippen LogP) is 0.841. The summed E-state index contributed by atoms with van der Waals surface area (Å²) in [7, 11) is 3.29. The lowest BCUT2D eigenvalue weighted by Crippen LogP contribution is -2.42. The molecule has 2 N–H and O–H groups in total. The molecule has 0 saturated carbocycles. The fraction of sp³-hybridized carbons (Fsp3) is 0.529. The molecular weight excluding hydrogens is 294 g/mol. The summed E-state index contributed by atoms with van der Waals surface area (Å²) in [5.41, 5.74) is 2.11. The lowest BCUT2D eigenvalue weighted by Gasteiger charge is -2.18. The highest BCUT2D eigenvalue weighted by atomic mass is 16.3. The van der Waals surface area contributed by atoms with Gasteiger partial charge in [-0.3, -0.25) is 4.79 Å². The molecule has 2 rings (SSSR count). The molecule has 6 heteroatoms. The largest absolute Gasteiger partial charge is 0.392 e. The Kier molecular flexibility index (Phi) is 5.98. The van der Waals surface area contributed by atoms with E-state index in [0.29, 0.717) is 5.92 Å². The number of carbonyl (C=O) groups excluding carboxylic acids is 2. The highest BCUT2D eigenvalue weighted by Gasteiger charge is 2.26. The van der Waals surface area contributed by atoms with Gasteiger partial charge in [0.2, 0.25) is 5.91 Å². The second-order valence-electron chi connectivity index (χ2n) is 6.23. The molecule has 1 aliphatic heterocycles. The Morgan fingerprint density at radius 3 is 2.78 bits per heavy atom. The van der Waals surface area contributed by atoms with Crippen LogP contribution in [0.1, 0.15) is 17.5 Å². The number of nitrogens with one attached hydrogen (secondary N) is 1. The van der Waals surface area contributed by atoms with E-state index in [1.165, 1.54) is 10.5 Å². The first kappa shape index (κ1) is 17.3. The Morgan fingerprint density at radius 1 is 1.35 bits per heavy atom. The van der Waals surface area contributed by atoms with E-state index >= 15 is 0 Å². The number of aliphatic hydroxyl groups is 1. The first-order valence-electron chi connectivity index (χ1n) is 7.91. The van der Waals surface area contributed by atoms with Crippen LogP contribution in [0.3, 0.4) is 0 Å².